The van der Waals surface area contributed by atoms with E-state index in [1.54, 1.807) is 11.3 Å². The lowest BCUT2D eigenvalue weighted by Gasteiger charge is -2.30. The second-order valence-electron chi connectivity index (χ2n) is 6.74. The number of nitrogens with one attached hydrogen (secondary N) is 1. The third-order valence-electron chi connectivity index (χ3n) is 4.62. The van der Waals surface area contributed by atoms with Crippen molar-refractivity contribution in [2.24, 2.45) is 0 Å². The molecule has 3 heterocycles. The molecule has 146 valence electrons. The molecule has 7 nitrogen and oxygen atoms in total. The lowest BCUT2D eigenvalue weighted by atomic mass is 10.2. The third kappa shape index (κ3) is 4.64. The molecule has 28 heavy (non-hydrogen) atoms. The fraction of sp³-hybridized carbons (Fsp3) is 0.350. The zero-order valence-electron chi connectivity index (χ0n) is 16.0. The van der Waals surface area contributed by atoms with Crippen LogP contribution in [0.25, 0.3) is 12.2 Å². The molecule has 0 spiro atoms. The molecular weight excluding hydrogens is 374 g/mol. The van der Waals surface area contributed by atoms with Gasteiger partial charge in [-0.05, 0) is 37.7 Å². The Hall–Kier alpha value is -2.55. The normalized spacial score (nSPS) is 18.0. The van der Waals surface area contributed by atoms with Gasteiger partial charge in [-0.3, -0.25) is 4.90 Å². The fourth-order valence-corrected chi connectivity index (χ4v) is 3.62. The maximum Gasteiger partial charge on any atom is 0.250 e. The minimum atomic E-state index is 0.151. The lowest BCUT2D eigenvalue weighted by molar-refractivity contribution is 0.190. The van der Waals surface area contributed by atoms with Crippen molar-refractivity contribution in [3.63, 3.8) is 0 Å². The van der Waals surface area contributed by atoms with E-state index >= 15 is 0 Å². The van der Waals surface area contributed by atoms with Crippen LogP contribution in [-0.4, -0.2) is 46.7 Å². The summed E-state index contributed by atoms with van der Waals surface area (Å²) in [5.74, 6) is 2.04. The van der Waals surface area contributed by atoms with Crippen molar-refractivity contribution in [3.05, 3.63) is 57.6 Å². The van der Waals surface area contributed by atoms with Crippen molar-refractivity contribution in [1.82, 2.24) is 25.3 Å². The average molecular weight is 398 g/mol. The molecule has 0 amide bonds. The molecule has 3 aromatic rings. The van der Waals surface area contributed by atoms with Crippen molar-refractivity contribution in [2.75, 3.05) is 26.7 Å². The van der Waals surface area contributed by atoms with Gasteiger partial charge in [0.2, 0.25) is 0 Å². The van der Waals surface area contributed by atoms with Crippen LogP contribution in [0.4, 0.5) is 0 Å². The minimum absolute atomic E-state index is 0.151. The number of ether oxygens (including phenoxy) is 1. The molecular formula is C20H23N5O2S. The Bertz CT molecular complexity index is 934. The highest BCUT2D eigenvalue weighted by atomic mass is 32.1. The summed E-state index contributed by atoms with van der Waals surface area (Å²) in [6.45, 7) is 5.27. The molecule has 4 rings (SSSR count). The second-order valence-corrected chi connectivity index (χ2v) is 7.80. The smallest absolute Gasteiger partial charge is 0.250 e. The van der Waals surface area contributed by atoms with Gasteiger partial charge in [0.05, 0.1) is 16.7 Å². The number of benzene rings is 1. The maximum atomic E-state index is 5.77. The van der Waals surface area contributed by atoms with Crippen LogP contribution in [0.2, 0.25) is 0 Å². The number of rotatable bonds is 6. The maximum absolute atomic E-state index is 5.77. The van der Waals surface area contributed by atoms with Crippen LogP contribution in [0.15, 0.2) is 34.2 Å². The van der Waals surface area contributed by atoms with E-state index in [2.05, 4.69) is 32.4 Å². The van der Waals surface area contributed by atoms with Crippen molar-refractivity contribution >= 4 is 23.5 Å². The summed E-state index contributed by atoms with van der Waals surface area (Å²) in [6, 6.07) is 8.03. The first kappa shape index (κ1) is 18.8. The fourth-order valence-electron chi connectivity index (χ4n) is 3.02. The minimum Gasteiger partial charge on any atom is -0.487 e. The second kappa shape index (κ2) is 8.64. The number of hydrogen-bond acceptors (Lipinski definition) is 8. The van der Waals surface area contributed by atoms with E-state index in [9.17, 15) is 0 Å². The molecule has 1 aliphatic heterocycles. The van der Waals surface area contributed by atoms with Crippen LogP contribution in [0.1, 0.15) is 34.0 Å². The van der Waals surface area contributed by atoms with Crippen LogP contribution in [0, 0.1) is 6.92 Å². The topological polar surface area (TPSA) is 76.3 Å². The third-order valence-corrected chi connectivity index (χ3v) is 5.44. The molecule has 1 saturated heterocycles. The number of thiazole rings is 1. The number of nitrogens with zero attached hydrogens (tertiary/aromatic N) is 4. The van der Waals surface area contributed by atoms with Gasteiger partial charge >= 0.3 is 0 Å². The molecule has 0 aliphatic carbocycles. The Balaban J connectivity index is 1.34. The SMILES string of the molecule is Cc1nc(COc2ccc(/C=C/c3nc(C4CNCCN4C)no3)cc2)cs1. The summed E-state index contributed by atoms with van der Waals surface area (Å²) in [4.78, 5) is 11.1. The summed E-state index contributed by atoms with van der Waals surface area (Å²) in [5, 5.41) is 10.6. The zero-order valence-corrected chi connectivity index (χ0v) is 16.8. The standard InChI is InChI=1S/C20H23N5O2S/c1-14-22-16(13-28-14)12-26-17-6-3-15(4-7-17)5-8-19-23-20(24-27-19)18-11-21-9-10-25(18)2/h3-8,13,18,21H,9-12H2,1-2H3/b8-5+. The molecule has 2 aromatic heterocycles. The van der Waals surface area contributed by atoms with Crippen molar-refractivity contribution in [2.45, 2.75) is 19.6 Å². The van der Waals surface area contributed by atoms with E-state index in [1.807, 2.05) is 48.7 Å². The lowest BCUT2D eigenvalue weighted by Crippen LogP contribution is -2.44. The molecule has 0 saturated carbocycles. The summed E-state index contributed by atoms with van der Waals surface area (Å²) < 4.78 is 11.1. The van der Waals surface area contributed by atoms with Crippen molar-refractivity contribution in [3.8, 4) is 5.75 Å². The van der Waals surface area contributed by atoms with E-state index in [-0.39, 0.29) is 6.04 Å². The molecule has 8 heteroatoms. The molecule has 1 aromatic carbocycles. The summed E-state index contributed by atoms with van der Waals surface area (Å²) in [6.07, 6.45) is 3.79. The first-order valence-corrected chi connectivity index (χ1v) is 10.1. The van der Waals surface area contributed by atoms with Crippen LogP contribution in [0.3, 0.4) is 0 Å². The van der Waals surface area contributed by atoms with Crippen molar-refractivity contribution < 1.29 is 9.26 Å². The van der Waals surface area contributed by atoms with E-state index in [0.717, 1.165) is 47.5 Å². The van der Waals surface area contributed by atoms with Gasteiger partial charge in [0, 0.05) is 31.1 Å². The Kier molecular flexibility index (Phi) is 5.80. The predicted octanol–water partition coefficient (Wildman–Crippen LogP) is 3.16. The summed E-state index contributed by atoms with van der Waals surface area (Å²) in [7, 11) is 2.08. The first-order chi connectivity index (χ1) is 13.7. The van der Waals surface area contributed by atoms with Crippen LogP contribution in [0.5, 0.6) is 5.75 Å². The highest BCUT2D eigenvalue weighted by Gasteiger charge is 2.24. The highest BCUT2D eigenvalue weighted by Crippen LogP contribution is 2.19. The van der Waals surface area contributed by atoms with Crippen LogP contribution in [-0.2, 0) is 6.61 Å². The van der Waals surface area contributed by atoms with Crippen molar-refractivity contribution in [1.29, 1.82) is 0 Å². The Morgan fingerprint density at radius 2 is 2.14 bits per heavy atom. The Labute approximate surface area is 168 Å². The molecule has 0 bridgehead atoms. The monoisotopic (exact) mass is 397 g/mol. The largest absolute Gasteiger partial charge is 0.487 e. The molecule has 1 unspecified atom stereocenters. The van der Waals surface area contributed by atoms with E-state index in [0.29, 0.717) is 12.5 Å². The van der Waals surface area contributed by atoms with Gasteiger partial charge < -0.3 is 14.6 Å². The van der Waals surface area contributed by atoms with Gasteiger partial charge in [-0.2, -0.15) is 4.98 Å². The molecule has 1 atom stereocenters. The molecule has 1 aliphatic rings. The van der Waals surface area contributed by atoms with Crippen LogP contribution < -0.4 is 10.1 Å². The molecule has 1 N–H and O–H groups in total. The molecule has 0 radical (unpaired) electrons. The van der Waals surface area contributed by atoms with E-state index in [4.69, 9.17) is 9.26 Å². The number of piperazine rings is 1. The summed E-state index contributed by atoms with van der Waals surface area (Å²) in [5.41, 5.74) is 1.99. The first-order valence-electron chi connectivity index (χ1n) is 9.24. The van der Waals surface area contributed by atoms with Gasteiger partial charge in [-0.25, -0.2) is 4.98 Å². The highest BCUT2D eigenvalue weighted by molar-refractivity contribution is 7.09. The van der Waals surface area contributed by atoms with Gasteiger partial charge in [0.15, 0.2) is 5.82 Å². The quantitative estimate of drug-likeness (QED) is 0.685. The molecule has 1 fully saturated rings. The Morgan fingerprint density at radius 1 is 1.29 bits per heavy atom. The summed E-state index contributed by atoms with van der Waals surface area (Å²) >= 11 is 1.63. The van der Waals surface area contributed by atoms with E-state index in [1.165, 1.54) is 0 Å². The van der Waals surface area contributed by atoms with Gasteiger partial charge in [-0.1, -0.05) is 17.3 Å². The number of likely N-dealkylation sites (N-methyl/N-ethyl adjacent to an activating group) is 1. The average Bonchev–Trinajstić information content (AvgIpc) is 3.35. The Morgan fingerprint density at radius 3 is 2.89 bits per heavy atom. The zero-order chi connectivity index (χ0) is 19.3. The predicted molar refractivity (Wildman–Crippen MR) is 109 cm³/mol. The number of aryl methyl sites for hydroxylation is 1. The van der Waals surface area contributed by atoms with E-state index < -0.39 is 0 Å². The van der Waals surface area contributed by atoms with Gasteiger partial charge in [-0.15, -0.1) is 11.3 Å². The number of hydrogen-bond donors (Lipinski definition) is 1. The number of aromatic nitrogens is 3. The van der Waals surface area contributed by atoms with Gasteiger partial charge in [0.1, 0.15) is 12.4 Å². The van der Waals surface area contributed by atoms with Gasteiger partial charge in [0.25, 0.3) is 5.89 Å². The van der Waals surface area contributed by atoms with Crippen LogP contribution >= 0.6 is 11.3 Å².